The number of nitrogens with zero attached hydrogens (tertiary/aromatic N) is 4. The van der Waals surface area contributed by atoms with Crippen molar-refractivity contribution in [2.45, 2.75) is 18.9 Å². The molecule has 4 aromatic rings. The van der Waals surface area contributed by atoms with Gasteiger partial charge >= 0.3 is 12.4 Å². The molecule has 0 radical (unpaired) electrons. The molecule has 0 amide bonds. The Morgan fingerprint density at radius 2 is 1.55 bits per heavy atom. The molecule has 0 saturated carbocycles. The Balaban J connectivity index is 1.78. The Bertz CT molecular complexity index is 1320. The monoisotopic (exact) mass is 441 g/mol. The smallest absolute Gasteiger partial charge is 0.378 e. The first-order valence-electron chi connectivity index (χ1n) is 8.82. The molecule has 2 aromatic carbocycles. The third-order valence-electron chi connectivity index (χ3n) is 4.73. The van der Waals surface area contributed by atoms with Crippen LogP contribution < -0.4 is 10.9 Å². The van der Waals surface area contributed by atoms with Gasteiger partial charge in [0.1, 0.15) is 0 Å². The van der Waals surface area contributed by atoms with E-state index >= 15 is 0 Å². The van der Waals surface area contributed by atoms with Crippen molar-refractivity contribution in [2.24, 2.45) is 7.05 Å². The summed E-state index contributed by atoms with van der Waals surface area (Å²) in [5.41, 5.74) is -3.09. The average Bonchev–Trinajstić information content (AvgIpc) is 3.13. The van der Waals surface area contributed by atoms with Gasteiger partial charge in [0, 0.05) is 12.7 Å². The number of nitrogens with one attached hydrogen (secondary N) is 1. The molecule has 162 valence electrons. The van der Waals surface area contributed by atoms with Crippen molar-refractivity contribution in [3.8, 4) is 0 Å². The Kier molecular flexibility index (Phi) is 4.67. The van der Waals surface area contributed by atoms with E-state index in [1.807, 2.05) is 0 Å². The van der Waals surface area contributed by atoms with Crippen LogP contribution >= 0.6 is 0 Å². The van der Waals surface area contributed by atoms with E-state index in [-0.39, 0.29) is 35.5 Å². The van der Waals surface area contributed by atoms with E-state index in [9.17, 15) is 31.1 Å². The Hall–Kier alpha value is -3.57. The first-order chi connectivity index (χ1) is 14.5. The van der Waals surface area contributed by atoms with Crippen molar-refractivity contribution in [2.75, 3.05) is 5.32 Å². The molecule has 0 saturated heterocycles. The van der Waals surface area contributed by atoms with Gasteiger partial charge in [-0.3, -0.25) is 13.8 Å². The second-order valence-corrected chi connectivity index (χ2v) is 6.78. The Morgan fingerprint density at radius 1 is 0.935 bits per heavy atom. The minimum absolute atomic E-state index is 0.0565. The fourth-order valence-electron chi connectivity index (χ4n) is 3.24. The van der Waals surface area contributed by atoms with Gasteiger partial charge in [-0.25, -0.2) is 0 Å². The van der Waals surface area contributed by atoms with Crippen molar-refractivity contribution in [3.05, 3.63) is 69.8 Å². The van der Waals surface area contributed by atoms with E-state index in [0.717, 1.165) is 0 Å². The number of aromatic nitrogens is 4. The average molecular weight is 441 g/mol. The predicted octanol–water partition coefficient (Wildman–Crippen LogP) is 4.23. The summed E-state index contributed by atoms with van der Waals surface area (Å²) in [4.78, 5) is 12.4. The number of alkyl halides is 6. The highest BCUT2D eigenvalue weighted by Crippen LogP contribution is 2.37. The lowest BCUT2D eigenvalue weighted by Gasteiger charge is -2.15. The van der Waals surface area contributed by atoms with Crippen LogP contribution in [0.2, 0.25) is 0 Å². The molecule has 12 heteroatoms. The van der Waals surface area contributed by atoms with Crippen LogP contribution in [0.15, 0.2) is 47.3 Å². The molecule has 31 heavy (non-hydrogen) atoms. The summed E-state index contributed by atoms with van der Waals surface area (Å²) in [6.45, 7) is -0.234. The van der Waals surface area contributed by atoms with Gasteiger partial charge in [-0.05, 0) is 30.3 Å². The highest BCUT2D eigenvalue weighted by molar-refractivity contribution is 5.80. The lowest BCUT2D eigenvalue weighted by Crippen LogP contribution is -2.20. The lowest BCUT2D eigenvalue weighted by molar-refractivity contribution is -0.143. The molecule has 6 nitrogen and oxygen atoms in total. The molecular weight excluding hydrogens is 428 g/mol. The molecule has 4 rings (SSSR count). The van der Waals surface area contributed by atoms with Crippen LogP contribution in [0.5, 0.6) is 0 Å². The van der Waals surface area contributed by atoms with Crippen molar-refractivity contribution >= 4 is 22.4 Å². The number of anilines is 1. The number of fused-ring (bicyclic) bond motifs is 3. The summed E-state index contributed by atoms with van der Waals surface area (Å²) in [5, 5.41) is 10.8. The quantitative estimate of drug-likeness (QED) is 0.484. The highest BCUT2D eigenvalue weighted by atomic mass is 19.4. The molecule has 0 bridgehead atoms. The largest absolute Gasteiger partial charge is 0.416 e. The van der Waals surface area contributed by atoms with Gasteiger partial charge < -0.3 is 5.32 Å². The lowest BCUT2D eigenvalue weighted by atomic mass is 10.1. The van der Waals surface area contributed by atoms with Gasteiger partial charge in [0.15, 0.2) is 5.82 Å². The molecule has 0 atom stereocenters. The van der Waals surface area contributed by atoms with Gasteiger partial charge in [-0.15, -0.1) is 10.2 Å². The summed E-state index contributed by atoms with van der Waals surface area (Å²) in [7, 11) is 1.48. The maximum absolute atomic E-state index is 13.1. The van der Waals surface area contributed by atoms with E-state index in [0.29, 0.717) is 23.0 Å². The maximum atomic E-state index is 13.1. The third-order valence-corrected chi connectivity index (χ3v) is 4.73. The van der Waals surface area contributed by atoms with Crippen LogP contribution in [-0.2, 0) is 25.9 Å². The van der Waals surface area contributed by atoms with Crippen molar-refractivity contribution in [1.29, 1.82) is 0 Å². The topological polar surface area (TPSA) is 64.2 Å². The third kappa shape index (κ3) is 3.68. The van der Waals surface area contributed by atoms with E-state index in [2.05, 4.69) is 15.5 Å². The van der Waals surface area contributed by atoms with Gasteiger partial charge in [-0.2, -0.15) is 26.3 Å². The number of para-hydroxylation sites is 1. The summed E-state index contributed by atoms with van der Waals surface area (Å²) in [6, 6.07) is 7.82. The van der Waals surface area contributed by atoms with Gasteiger partial charge in [-0.1, -0.05) is 12.1 Å². The summed E-state index contributed by atoms with van der Waals surface area (Å²) in [5.74, 6) is 0.383. The summed E-state index contributed by atoms with van der Waals surface area (Å²) in [6.07, 6.45) is -9.90. The van der Waals surface area contributed by atoms with Gasteiger partial charge in [0.2, 0.25) is 5.78 Å². The van der Waals surface area contributed by atoms with Crippen LogP contribution in [0.1, 0.15) is 17.0 Å². The van der Waals surface area contributed by atoms with Gasteiger partial charge in [0.25, 0.3) is 5.56 Å². The molecular formula is C19H13F6N5O. The summed E-state index contributed by atoms with van der Waals surface area (Å²) < 4.78 is 81.1. The second-order valence-electron chi connectivity index (χ2n) is 6.78. The van der Waals surface area contributed by atoms with Gasteiger partial charge in [0.05, 0.1) is 28.6 Å². The van der Waals surface area contributed by atoms with E-state index in [1.165, 1.54) is 16.0 Å². The standard InChI is InChI=1S/C19H13F6N5O/c1-29-16(31)13-4-2-3-5-14(13)30-15(27-28-17(29)30)9-26-12-7-10(18(20,21)22)6-11(8-12)19(23,24)25/h2-8,26H,9H2,1H3. The number of aryl methyl sites for hydroxylation is 1. The van der Waals surface area contributed by atoms with Crippen LogP contribution in [0.4, 0.5) is 32.0 Å². The maximum Gasteiger partial charge on any atom is 0.416 e. The molecule has 0 aliphatic carbocycles. The fraction of sp³-hybridized carbons (Fsp3) is 0.211. The highest BCUT2D eigenvalue weighted by Gasteiger charge is 2.37. The molecule has 0 spiro atoms. The first kappa shape index (κ1) is 20.7. The van der Waals surface area contributed by atoms with Crippen LogP contribution in [0, 0.1) is 0 Å². The number of benzene rings is 2. The number of halogens is 6. The molecule has 0 aliphatic heterocycles. The molecule has 0 aliphatic rings. The van der Waals surface area contributed by atoms with Crippen LogP contribution in [0.25, 0.3) is 16.7 Å². The molecule has 0 fully saturated rings. The molecule has 0 unspecified atom stereocenters. The van der Waals surface area contributed by atoms with E-state index in [1.54, 1.807) is 24.3 Å². The normalized spacial score (nSPS) is 12.6. The molecule has 2 aromatic heterocycles. The Labute approximate surface area is 169 Å². The van der Waals surface area contributed by atoms with Crippen LogP contribution in [-0.4, -0.2) is 19.2 Å². The molecule has 1 N–H and O–H groups in total. The summed E-state index contributed by atoms with van der Waals surface area (Å²) >= 11 is 0. The number of hydrogen-bond acceptors (Lipinski definition) is 4. The number of hydrogen-bond donors (Lipinski definition) is 1. The zero-order chi connectivity index (χ0) is 22.6. The van der Waals surface area contributed by atoms with Crippen molar-refractivity contribution < 1.29 is 26.3 Å². The van der Waals surface area contributed by atoms with E-state index in [4.69, 9.17) is 0 Å². The van der Waals surface area contributed by atoms with Crippen LogP contribution in [0.3, 0.4) is 0 Å². The SMILES string of the molecule is Cn1c(=O)c2ccccc2n2c(CNc3cc(C(F)(F)F)cc(C(F)(F)F)c3)nnc12. The van der Waals surface area contributed by atoms with E-state index < -0.39 is 23.5 Å². The predicted molar refractivity (Wildman–Crippen MR) is 99.5 cm³/mol. The fourth-order valence-corrected chi connectivity index (χ4v) is 3.24. The molecule has 2 heterocycles. The minimum Gasteiger partial charge on any atom is -0.378 e. The van der Waals surface area contributed by atoms with Crippen molar-refractivity contribution in [3.63, 3.8) is 0 Å². The van der Waals surface area contributed by atoms with Crippen molar-refractivity contribution in [1.82, 2.24) is 19.2 Å². The Morgan fingerprint density at radius 3 is 2.16 bits per heavy atom. The zero-order valence-corrected chi connectivity index (χ0v) is 15.7. The number of rotatable bonds is 3. The first-order valence-corrected chi connectivity index (χ1v) is 8.82. The zero-order valence-electron chi connectivity index (χ0n) is 15.7. The minimum atomic E-state index is -4.95. The second kappa shape index (κ2) is 7.00.